The number of sulfonamides is 2. The lowest BCUT2D eigenvalue weighted by molar-refractivity contribution is -0.150. The highest BCUT2D eigenvalue weighted by molar-refractivity contribution is 7.89. The van der Waals surface area contributed by atoms with Crippen LogP contribution in [0.4, 0.5) is 0 Å². The number of nitrogens with zero attached hydrogens (tertiary/aromatic N) is 4. The summed E-state index contributed by atoms with van der Waals surface area (Å²) < 4.78 is 55.9. The first-order valence-electron chi connectivity index (χ1n) is 22.9. The van der Waals surface area contributed by atoms with Crippen LogP contribution in [-0.2, 0) is 40.8 Å². The number of benzene rings is 6. The van der Waals surface area contributed by atoms with Crippen LogP contribution in [0, 0.1) is 10.8 Å². The van der Waals surface area contributed by atoms with Gasteiger partial charge in [0.2, 0.25) is 26.0 Å². The number of carbonyl (C=O) groups excluding carboxylic acids is 1. The molecule has 0 spiro atoms. The number of aliphatic carboxylic acids is 1. The predicted molar refractivity (Wildman–Crippen MR) is 278 cm³/mol. The van der Waals surface area contributed by atoms with Crippen LogP contribution in [-0.4, -0.2) is 135 Å². The Morgan fingerprint density at radius 3 is 1.59 bits per heavy atom. The van der Waals surface area contributed by atoms with Crippen molar-refractivity contribution in [2.45, 2.75) is 22.3 Å². The Hall–Kier alpha value is -8.92. The molecule has 0 radical (unpaired) electrons. The van der Waals surface area contributed by atoms with Gasteiger partial charge in [-0.15, -0.1) is 0 Å². The minimum absolute atomic E-state index is 0.0282. The lowest BCUT2D eigenvalue weighted by atomic mass is 9.92. The van der Waals surface area contributed by atoms with Gasteiger partial charge >= 0.3 is 5.97 Å². The monoisotopic (exact) mass is 1070 g/mol. The largest absolute Gasteiger partial charge is 0.507 e. The van der Waals surface area contributed by atoms with Crippen molar-refractivity contribution in [2.24, 2.45) is 21.7 Å². The van der Waals surface area contributed by atoms with E-state index in [0.29, 0.717) is 54.0 Å². The molecule has 1 aliphatic rings. The number of phenolic OH excluding ortho intramolecular Hbond substituents is 4. The Morgan fingerprint density at radius 1 is 0.658 bits per heavy atom. The second kappa shape index (κ2) is 20.1. The van der Waals surface area contributed by atoms with Crippen LogP contribution in [0.2, 0.25) is 0 Å². The number of phenols is 4. The third kappa shape index (κ3) is 10.4. The molecule has 1 amide bonds. The summed E-state index contributed by atoms with van der Waals surface area (Å²) in [5.74, 6) is -5.08. The number of primary sulfonamides is 2. The number of nitrogens with one attached hydrogen (secondary N) is 4. The molecule has 392 valence electrons. The smallest absolute Gasteiger partial charge is 0.331 e. The highest BCUT2D eigenvalue weighted by atomic mass is 32.2. The number of hydrogen-bond donors (Lipinski definition) is 13. The van der Waals surface area contributed by atoms with E-state index in [1.54, 1.807) is 24.3 Å². The molecule has 1 atom stereocenters. The number of nitrogen functional groups attached to an aromatic ring is 2. The fraction of sp³-hybridized carbons (Fsp3) is 0.160. The summed E-state index contributed by atoms with van der Waals surface area (Å²) in [6.45, 7) is 1.44. The maximum atomic E-state index is 15.3. The molecule has 3 heterocycles. The Morgan fingerprint density at radius 2 is 1.12 bits per heavy atom. The topological polar surface area (TPSA) is 428 Å². The predicted octanol–water partition coefficient (Wildman–Crippen LogP) is 3.32. The van der Waals surface area contributed by atoms with Crippen LogP contribution < -0.4 is 21.7 Å². The van der Waals surface area contributed by atoms with Crippen molar-refractivity contribution in [3.63, 3.8) is 0 Å². The summed E-state index contributed by atoms with van der Waals surface area (Å²) >= 11 is 0. The number of H-pyrrole nitrogens is 2. The summed E-state index contributed by atoms with van der Waals surface area (Å²) in [4.78, 5) is 46.8. The minimum atomic E-state index is -4.41. The maximum absolute atomic E-state index is 15.3. The van der Waals surface area contributed by atoms with Gasteiger partial charge in [0.25, 0.3) is 0 Å². The lowest BCUT2D eigenvalue weighted by Gasteiger charge is -2.34. The quantitative estimate of drug-likeness (QED) is 0.0487. The van der Waals surface area contributed by atoms with Crippen molar-refractivity contribution in [1.82, 2.24) is 29.7 Å². The molecule has 26 heteroatoms. The van der Waals surface area contributed by atoms with E-state index in [1.807, 2.05) is 4.90 Å². The molecular formula is C50H48N12O12S2. The molecule has 0 aliphatic carbocycles. The minimum Gasteiger partial charge on any atom is -0.507 e. The van der Waals surface area contributed by atoms with Crippen molar-refractivity contribution >= 4 is 65.7 Å². The number of aromatic amines is 2. The molecule has 76 heavy (non-hydrogen) atoms. The third-order valence-corrected chi connectivity index (χ3v) is 14.7. The maximum Gasteiger partial charge on any atom is 0.331 e. The van der Waals surface area contributed by atoms with Gasteiger partial charge in [-0.2, -0.15) is 0 Å². The number of morpholine rings is 1. The van der Waals surface area contributed by atoms with Crippen LogP contribution in [0.15, 0.2) is 107 Å². The summed E-state index contributed by atoms with van der Waals surface area (Å²) in [7, 11) is -8.78. The average Bonchev–Trinajstić information content (AvgIpc) is 4.00. The van der Waals surface area contributed by atoms with Crippen molar-refractivity contribution in [2.75, 3.05) is 39.4 Å². The molecule has 8 aromatic rings. The highest BCUT2D eigenvalue weighted by Crippen LogP contribution is 2.46. The van der Waals surface area contributed by atoms with Crippen LogP contribution >= 0.6 is 0 Å². The van der Waals surface area contributed by atoms with Gasteiger partial charge in [-0.1, -0.05) is 0 Å². The van der Waals surface area contributed by atoms with Crippen LogP contribution in [0.5, 0.6) is 23.0 Å². The summed E-state index contributed by atoms with van der Waals surface area (Å²) in [6, 6.07) is 18.8. The van der Waals surface area contributed by atoms with Crippen LogP contribution in [0.1, 0.15) is 28.3 Å². The number of aromatic hydroxyl groups is 4. The highest BCUT2D eigenvalue weighted by Gasteiger charge is 2.35. The van der Waals surface area contributed by atoms with Crippen LogP contribution in [0.3, 0.4) is 0 Å². The normalized spacial score (nSPS) is 13.7. The van der Waals surface area contributed by atoms with Gasteiger partial charge in [0.05, 0.1) is 62.6 Å². The van der Waals surface area contributed by atoms with Crippen molar-refractivity contribution < 1.29 is 56.7 Å². The number of hydrogen-bond acceptors (Lipinski definition) is 16. The van der Waals surface area contributed by atoms with E-state index in [2.05, 4.69) is 19.9 Å². The molecule has 0 saturated carbocycles. The number of amides is 1. The van der Waals surface area contributed by atoms with Gasteiger partial charge in [0.15, 0.2) is 6.04 Å². The van der Waals surface area contributed by atoms with Gasteiger partial charge in [0.1, 0.15) is 46.3 Å². The Bertz CT molecular complexity index is 3950. The zero-order valence-corrected chi connectivity index (χ0v) is 41.4. The zero-order valence-electron chi connectivity index (χ0n) is 39.8. The van der Waals surface area contributed by atoms with E-state index in [0.717, 1.165) is 41.3 Å². The summed E-state index contributed by atoms with van der Waals surface area (Å²) in [5.41, 5.74) is 12.3. The number of carboxylic acids is 1. The number of imidazole rings is 2. The van der Waals surface area contributed by atoms with Gasteiger partial charge < -0.3 is 56.6 Å². The molecule has 24 nitrogen and oxygen atoms in total. The average molecular weight is 1070 g/mol. The standard InChI is InChI=1S/C50H48N12O12S2/c51-46(52)25-1-5-36-38(20-25)59-48(57-36)34-16-24(15-32(44(34)66)30-22-28(75(55,70)71)3-7-40(30)63)17-42(65)62(10-9-61-11-13-74-14-12-61)43(50(68)69)27-18-33(31-23-29(76(56,72)73)4-8-41(31)64)45(67)35(19-27)49-58-37-6-2-26(47(53)54)21-39(37)60-49/h1-8,15-16,18-23,43,63-64,66-67H,9-14,17H2,(H3,51,52)(H3,53,54)(H,57,59)(H,58,60)(H,68,69)(H2,55,70,71)(H2,56,72,73). The number of carboxylic acid groups (broad SMARTS) is 1. The van der Waals surface area contributed by atoms with Crippen molar-refractivity contribution in [1.29, 1.82) is 10.8 Å². The van der Waals surface area contributed by atoms with Gasteiger partial charge in [-0.3, -0.25) is 20.5 Å². The second-order valence-electron chi connectivity index (χ2n) is 17.9. The Balaban J connectivity index is 1.23. The first kappa shape index (κ1) is 52.0. The van der Waals surface area contributed by atoms with Gasteiger partial charge in [-0.25, -0.2) is 41.9 Å². The molecule has 9 rings (SSSR count). The third-order valence-electron chi connectivity index (χ3n) is 12.9. The lowest BCUT2D eigenvalue weighted by Crippen LogP contribution is -2.46. The molecule has 0 bridgehead atoms. The van der Waals surface area contributed by atoms with Crippen LogP contribution in [0.25, 0.3) is 67.1 Å². The summed E-state index contributed by atoms with van der Waals surface area (Å²) in [6.07, 6.45) is -0.616. The van der Waals surface area contributed by atoms with E-state index in [-0.39, 0.29) is 86.4 Å². The van der Waals surface area contributed by atoms with E-state index >= 15 is 4.79 Å². The molecule has 1 saturated heterocycles. The molecule has 2 aromatic heterocycles. The number of aromatic nitrogens is 4. The number of nitrogens with two attached hydrogens (primary N) is 4. The second-order valence-corrected chi connectivity index (χ2v) is 21.0. The van der Waals surface area contributed by atoms with Crippen molar-refractivity contribution in [3.8, 4) is 68.0 Å². The fourth-order valence-corrected chi connectivity index (χ4v) is 10.1. The zero-order chi connectivity index (χ0) is 54.5. The summed E-state index contributed by atoms with van der Waals surface area (Å²) in [5, 5.41) is 84.7. The first-order chi connectivity index (χ1) is 35.9. The van der Waals surface area contributed by atoms with E-state index in [1.165, 1.54) is 36.4 Å². The van der Waals surface area contributed by atoms with E-state index in [4.69, 9.17) is 37.3 Å². The Kier molecular flexibility index (Phi) is 13.7. The molecule has 1 fully saturated rings. The van der Waals surface area contributed by atoms with Gasteiger partial charge in [-0.05, 0) is 108 Å². The molecule has 1 unspecified atom stereocenters. The number of carbonyl (C=O) groups is 2. The van der Waals surface area contributed by atoms with Crippen molar-refractivity contribution in [3.05, 3.63) is 119 Å². The number of fused-ring (bicyclic) bond motifs is 2. The first-order valence-corrected chi connectivity index (χ1v) is 26.0. The van der Waals surface area contributed by atoms with E-state index < -0.39 is 77.2 Å². The fourth-order valence-electron chi connectivity index (χ4n) is 9.00. The molecular weight excluding hydrogens is 1020 g/mol. The number of ether oxygens (including phenoxy) is 1. The molecule has 6 aromatic carbocycles. The Labute approximate surface area is 431 Å². The SMILES string of the molecule is N=C(N)c1ccc2[nH]c(-c3cc(CC(=O)N(CCN4CCOCC4)C(C(=O)O)c4cc(-c5nc6cc(C(=N)N)ccc6[nH]5)c(O)c(-c5cc(S(N)(=O)=O)ccc5O)c4)cc(-c4cc(S(N)(=O)=O)ccc4O)c3O)nc2c1. The molecule has 17 N–H and O–H groups in total. The van der Waals surface area contributed by atoms with E-state index in [9.17, 15) is 47.2 Å². The number of rotatable bonds is 16. The molecule has 1 aliphatic heterocycles. The van der Waals surface area contributed by atoms with Gasteiger partial charge in [0, 0.05) is 59.6 Å². The number of amidine groups is 2.